The van der Waals surface area contributed by atoms with Gasteiger partial charge in [-0.15, -0.1) is 0 Å². The minimum absolute atomic E-state index is 0.143. The van der Waals surface area contributed by atoms with Gasteiger partial charge in [-0.25, -0.2) is 0 Å². The fourth-order valence-electron chi connectivity index (χ4n) is 1.13. The average molecular weight is 153 g/mol. The summed E-state index contributed by atoms with van der Waals surface area (Å²) < 4.78 is 5.15. The number of nitrogens with two attached hydrogens (primary N) is 1. The van der Waals surface area contributed by atoms with Gasteiger partial charge in [0.25, 0.3) is 0 Å². The maximum atomic E-state index is 5.69. The van der Waals surface area contributed by atoms with E-state index in [9.17, 15) is 0 Å². The second-order valence-corrected chi connectivity index (χ2v) is 2.86. The Morgan fingerprint density at radius 2 is 2.45 bits per heavy atom. The predicted octanol–water partition coefficient (Wildman–Crippen LogP) is 1.23. The highest BCUT2D eigenvalue weighted by atomic mass is 16.5. The van der Waals surface area contributed by atoms with Crippen molar-refractivity contribution in [1.29, 1.82) is 0 Å². The summed E-state index contributed by atoms with van der Waals surface area (Å²) in [5.74, 6) is 0. The molecule has 11 heavy (non-hydrogen) atoms. The topological polar surface area (TPSA) is 35.2 Å². The van der Waals surface area contributed by atoms with Crippen molar-refractivity contribution in [3.63, 3.8) is 0 Å². The molecule has 0 radical (unpaired) electrons. The average Bonchev–Trinajstić information content (AvgIpc) is 2.05. The van der Waals surface area contributed by atoms with E-state index in [2.05, 4.69) is 12.2 Å². The molecule has 1 unspecified atom stereocenters. The molecule has 1 aliphatic rings. The molecule has 0 amide bonds. The first-order chi connectivity index (χ1) is 5.24. The minimum atomic E-state index is 0.143. The van der Waals surface area contributed by atoms with Crippen molar-refractivity contribution in [2.45, 2.75) is 25.5 Å². The SMILES string of the molecule is COC1C=CC([C@H](C)N)=CC1. The van der Waals surface area contributed by atoms with Gasteiger partial charge in [-0.1, -0.05) is 18.2 Å². The first kappa shape index (κ1) is 8.50. The van der Waals surface area contributed by atoms with Gasteiger partial charge in [0, 0.05) is 13.2 Å². The number of hydrogen-bond acceptors (Lipinski definition) is 2. The Labute approximate surface area is 67.7 Å². The Balaban J connectivity index is 2.53. The summed E-state index contributed by atoms with van der Waals surface area (Å²) in [6.45, 7) is 1.99. The van der Waals surface area contributed by atoms with Crippen LogP contribution in [0, 0.1) is 0 Å². The monoisotopic (exact) mass is 153 g/mol. The third kappa shape index (κ3) is 2.17. The first-order valence-corrected chi connectivity index (χ1v) is 3.90. The fraction of sp³-hybridized carbons (Fsp3) is 0.556. The highest BCUT2D eigenvalue weighted by Crippen LogP contribution is 2.14. The van der Waals surface area contributed by atoms with E-state index in [0.29, 0.717) is 0 Å². The molecule has 1 rings (SSSR count). The molecule has 0 aliphatic heterocycles. The van der Waals surface area contributed by atoms with Crippen LogP contribution in [0.15, 0.2) is 23.8 Å². The van der Waals surface area contributed by atoms with Crippen molar-refractivity contribution in [2.24, 2.45) is 5.73 Å². The quantitative estimate of drug-likeness (QED) is 0.647. The number of rotatable bonds is 2. The Morgan fingerprint density at radius 3 is 2.82 bits per heavy atom. The molecule has 2 heteroatoms. The second-order valence-electron chi connectivity index (χ2n) is 2.86. The van der Waals surface area contributed by atoms with Gasteiger partial charge in [0.2, 0.25) is 0 Å². The number of hydrogen-bond donors (Lipinski definition) is 1. The lowest BCUT2D eigenvalue weighted by Gasteiger charge is -2.16. The number of ether oxygens (including phenoxy) is 1. The lowest BCUT2D eigenvalue weighted by molar-refractivity contribution is 0.142. The smallest absolute Gasteiger partial charge is 0.0789 e. The van der Waals surface area contributed by atoms with E-state index in [1.165, 1.54) is 5.57 Å². The highest BCUT2D eigenvalue weighted by molar-refractivity contribution is 5.28. The van der Waals surface area contributed by atoms with Gasteiger partial charge in [-0.3, -0.25) is 0 Å². The third-order valence-corrected chi connectivity index (χ3v) is 1.92. The Morgan fingerprint density at radius 1 is 1.73 bits per heavy atom. The van der Waals surface area contributed by atoms with E-state index in [1.807, 2.05) is 13.0 Å². The summed E-state index contributed by atoms with van der Waals surface area (Å²) in [7, 11) is 1.72. The summed E-state index contributed by atoms with van der Waals surface area (Å²) in [5, 5.41) is 0. The van der Waals surface area contributed by atoms with Crippen molar-refractivity contribution < 1.29 is 4.74 Å². The van der Waals surface area contributed by atoms with Crippen LogP contribution in [0.25, 0.3) is 0 Å². The van der Waals surface area contributed by atoms with Gasteiger partial charge in [0.05, 0.1) is 6.10 Å². The fourth-order valence-corrected chi connectivity index (χ4v) is 1.13. The zero-order valence-electron chi connectivity index (χ0n) is 7.08. The Hall–Kier alpha value is -0.600. The van der Waals surface area contributed by atoms with Crippen LogP contribution >= 0.6 is 0 Å². The highest BCUT2D eigenvalue weighted by Gasteiger charge is 2.08. The van der Waals surface area contributed by atoms with E-state index in [1.54, 1.807) is 7.11 Å². The van der Waals surface area contributed by atoms with Gasteiger partial charge >= 0.3 is 0 Å². The van der Waals surface area contributed by atoms with Crippen LogP contribution in [0.5, 0.6) is 0 Å². The molecule has 1 aliphatic carbocycles. The summed E-state index contributed by atoms with van der Waals surface area (Å²) in [6, 6.07) is 0.143. The maximum Gasteiger partial charge on any atom is 0.0789 e. The molecule has 0 fully saturated rings. The number of methoxy groups -OCH3 is 1. The molecule has 0 aromatic rings. The van der Waals surface area contributed by atoms with Gasteiger partial charge in [0.1, 0.15) is 0 Å². The largest absolute Gasteiger partial charge is 0.377 e. The van der Waals surface area contributed by atoms with Crippen LogP contribution < -0.4 is 5.73 Å². The standard InChI is InChI=1S/C9H15NO/c1-7(10)8-3-5-9(11-2)6-4-8/h3-5,7,9H,6,10H2,1-2H3/t7-,9?/m0/s1. The van der Waals surface area contributed by atoms with E-state index in [4.69, 9.17) is 10.5 Å². The molecule has 2 N–H and O–H groups in total. The third-order valence-electron chi connectivity index (χ3n) is 1.92. The molecular weight excluding hydrogens is 138 g/mol. The van der Waals surface area contributed by atoms with Crippen LogP contribution in [0.4, 0.5) is 0 Å². The van der Waals surface area contributed by atoms with Crippen LogP contribution in [-0.2, 0) is 4.74 Å². The van der Waals surface area contributed by atoms with Gasteiger partial charge in [0.15, 0.2) is 0 Å². The molecule has 0 heterocycles. The molecule has 2 atom stereocenters. The zero-order valence-corrected chi connectivity index (χ0v) is 7.08. The van der Waals surface area contributed by atoms with Crippen molar-refractivity contribution >= 4 is 0 Å². The van der Waals surface area contributed by atoms with Gasteiger partial charge < -0.3 is 10.5 Å². The minimum Gasteiger partial charge on any atom is -0.377 e. The first-order valence-electron chi connectivity index (χ1n) is 3.90. The van der Waals surface area contributed by atoms with Crippen LogP contribution in [0.3, 0.4) is 0 Å². The maximum absolute atomic E-state index is 5.69. The molecule has 0 saturated carbocycles. The van der Waals surface area contributed by atoms with Crippen molar-refractivity contribution in [3.05, 3.63) is 23.8 Å². The van der Waals surface area contributed by atoms with Crippen molar-refractivity contribution in [3.8, 4) is 0 Å². The molecule has 0 aromatic carbocycles. The molecule has 0 spiro atoms. The van der Waals surface area contributed by atoms with E-state index in [0.717, 1.165) is 6.42 Å². The lowest BCUT2D eigenvalue weighted by Crippen LogP contribution is -2.20. The van der Waals surface area contributed by atoms with E-state index in [-0.39, 0.29) is 12.1 Å². The molecule has 0 saturated heterocycles. The second kappa shape index (κ2) is 3.69. The summed E-state index contributed by atoms with van der Waals surface area (Å²) in [4.78, 5) is 0. The van der Waals surface area contributed by atoms with Crippen LogP contribution in [-0.4, -0.2) is 19.3 Å². The molecule has 0 aromatic heterocycles. The van der Waals surface area contributed by atoms with Crippen LogP contribution in [0.2, 0.25) is 0 Å². The molecule has 0 bridgehead atoms. The van der Waals surface area contributed by atoms with Gasteiger partial charge in [-0.2, -0.15) is 0 Å². The predicted molar refractivity (Wildman–Crippen MR) is 46.3 cm³/mol. The molecular formula is C9H15NO. The van der Waals surface area contributed by atoms with Crippen molar-refractivity contribution in [1.82, 2.24) is 0 Å². The van der Waals surface area contributed by atoms with E-state index >= 15 is 0 Å². The van der Waals surface area contributed by atoms with Crippen molar-refractivity contribution in [2.75, 3.05) is 7.11 Å². The summed E-state index contributed by atoms with van der Waals surface area (Å²) in [6.07, 6.45) is 7.43. The normalized spacial score (nSPS) is 26.5. The Bertz CT molecular complexity index is 182. The Kier molecular flexibility index (Phi) is 2.85. The summed E-state index contributed by atoms with van der Waals surface area (Å²) in [5.41, 5.74) is 6.90. The van der Waals surface area contributed by atoms with Gasteiger partial charge in [-0.05, 0) is 18.9 Å². The summed E-state index contributed by atoms with van der Waals surface area (Å²) >= 11 is 0. The zero-order chi connectivity index (χ0) is 8.27. The van der Waals surface area contributed by atoms with Crippen LogP contribution in [0.1, 0.15) is 13.3 Å². The molecule has 62 valence electrons. The lowest BCUT2D eigenvalue weighted by atomic mass is 10.0. The van der Waals surface area contributed by atoms with E-state index < -0.39 is 0 Å². The molecule has 2 nitrogen and oxygen atoms in total.